The molecule has 0 atom stereocenters. The highest BCUT2D eigenvalue weighted by Crippen LogP contribution is 1.99. The highest BCUT2D eigenvalue weighted by Gasteiger charge is 2.08. The van der Waals surface area contributed by atoms with Crippen molar-refractivity contribution in [3.05, 3.63) is 51.3 Å². The van der Waals surface area contributed by atoms with Gasteiger partial charge in [-0.05, 0) is 12.1 Å². The average Bonchev–Trinajstić information content (AvgIpc) is 2.69. The summed E-state index contributed by atoms with van der Waals surface area (Å²) >= 11 is 0. The Morgan fingerprint density at radius 2 is 1.83 bits per heavy atom. The van der Waals surface area contributed by atoms with Crippen LogP contribution < -0.4 is 16.1 Å². The molecular weight excluding hydrogens is 228 g/mol. The molecule has 2 rings (SSSR count). The number of benzene rings is 1. The number of rotatable bonds is 1. The zero-order valence-electron chi connectivity index (χ0n) is 9.34. The molecule has 1 N–H and O–H groups in total. The second-order valence-corrected chi connectivity index (χ2v) is 3.54. The van der Waals surface area contributed by atoms with Gasteiger partial charge in [-0.3, -0.25) is 9.89 Å². The van der Waals surface area contributed by atoms with E-state index < -0.39 is 5.56 Å². The summed E-state index contributed by atoms with van der Waals surface area (Å²) in [5.74, 6) is 0. The van der Waals surface area contributed by atoms with Crippen molar-refractivity contribution in [2.24, 2.45) is 0 Å². The summed E-state index contributed by atoms with van der Waals surface area (Å²) in [6.45, 7) is 3.64. The molecule has 0 fully saturated rings. The summed E-state index contributed by atoms with van der Waals surface area (Å²) in [5.41, 5.74) is -0.0749. The van der Waals surface area contributed by atoms with Crippen molar-refractivity contribution in [2.45, 2.75) is 0 Å². The zero-order chi connectivity index (χ0) is 13.1. The first-order valence-electron chi connectivity index (χ1n) is 5.09. The summed E-state index contributed by atoms with van der Waals surface area (Å²) in [4.78, 5) is 12.1. The minimum Gasteiger partial charge on any atom is -0.291 e. The molecule has 1 aromatic carbocycles. The van der Waals surface area contributed by atoms with E-state index in [0.717, 1.165) is 0 Å². The van der Waals surface area contributed by atoms with Crippen molar-refractivity contribution < 1.29 is 0 Å². The first kappa shape index (κ1) is 11.4. The van der Waals surface area contributed by atoms with Gasteiger partial charge < -0.3 is 0 Å². The normalized spacial score (nSPS) is 9.44. The molecule has 0 bridgehead atoms. The van der Waals surface area contributed by atoms with E-state index in [4.69, 9.17) is 10.5 Å². The number of nitriles is 2. The predicted molar refractivity (Wildman–Crippen MR) is 65.8 cm³/mol. The molecule has 0 aliphatic heterocycles. The van der Waals surface area contributed by atoms with Crippen LogP contribution in [0.1, 0.15) is 0 Å². The Bertz CT molecular complexity index is 812. The van der Waals surface area contributed by atoms with Crippen LogP contribution in [0.15, 0.2) is 35.1 Å². The topological polar surface area (TPSA) is 85.4 Å². The fourth-order valence-electron chi connectivity index (χ4n) is 1.64. The largest absolute Gasteiger partial charge is 0.291 e. The van der Waals surface area contributed by atoms with Crippen LogP contribution in [0.3, 0.4) is 0 Å². The maximum atomic E-state index is 12.1. The Kier molecular flexibility index (Phi) is 2.82. The van der Waals surface area contributed by atoms with Crippen LogP contribution in [0.25, 0.3) is 17.8 Å². The van der Waals surface area contributed by atoms with Crippen molar-refractivity contribution in [1.29, 1.82) is 10.5 Å². The third-order valence-corrected chi connectivity index (χ3v) is 2.45. The van der Waals surface area contributed by atoms with Gasteiger partial charge in [-0.25, -0.2) is 4.68 Å². The molecule has 0 aliphatic rings. The Labute approximate surface area is 102 Å². The van der Waals surface area contributed by atoms with Crippen LogP contribution in [0.5, 0.6) is 0 Å². The van der Waals surface area contributed by atoms with Gasteiger partial charge in [0, 0.05) is 0 Å². The number of nitrogens with zero attached hydrogens (tertiary/aromatic N) is 3. The third-order valence-electron chi connectivity index (χ3n) is 2.45. The van der Waals surface area contributed by atoms with Gasteiger partial charge in [0.2, 0.25) is 0 Å². The van der Waals surface area contributed by atoms with Gasteiger partial charge >= 0.3 is 0 Å². The molecule has 1 aromatic heterocycles. The van der Waals surface area contributed by atoms with Gasteiger partial charge in [-0.2, -0.15) is 10.5 Å². The smallest absolute Gasteiger partial charge is 0.281 e. The van der Waals surface area contributed by atoms with Crippen molar-refractivity contribution in [3.8, 4) is 17.8 Å². The van der Waals surface area contributed by atoms with Crippen LogP contribution >= 0.6 is 0 Å². The summed E-state index contributed by atoms with van der Waals surface area (Å²) in [6.07, 6.45) is 0. The van der Waals surface area contributed by atoms with E-state index in [2.05, 4.69) is 11.7 Å². The van der Waals surface area contributed by atoms with Gasteiger partial charge in [-0.15, -0.1) is 0 Å². The summed E-state index contributed by atoms with van der Waals surface area (Å²) in [6, 6.07) is 12.3. The number of nitrogens with one attached hydrogen (secondary N) is 1. The number of aromatic amines is 1. The summed E-state index contributed by atoms with van der Waals surface area (Å²) in [7, 11) is 0. The third kappa shape index (κ3) is 1.70. The monoisotopic (exact) mass is 236 g/mol. The number of aromatic nitrogens is 2. The predicted octanol–water partition coefficient (Wildman–Crippen LogP) is -0.226. The first-order valence-corrected chi connectivity index (χ1v) is 5.09. The fourth-order valence-corrected chi connectivity index (χ4v) is 1.64. The molecule has 0 spiro atoms. The van der Waals surface area contributed by atoms with E-state index in [9.17, 15) is 4.79 Å². The van der Waals surface area contributed by atoms with Gasteiger partial charge in [0.05, 0.1) is 16.3 Å². The lowest BCUT2D eigenvalue weighted by atomic mass is 10.2. The molecule has 0 saturated carbocycles. The van der Waals surface area contributed by atoms with E-state index in [1.54, 1.807) is 36.4 Å². The van der Waals surface area contributed by atoms with Gasteiger partial charge in [0.1, 0.15) is 17.7 Å². The highest BCUT2D eigenvalue weighted by atomic mass is 16.1. The first-order chi connectivity index (χ1) is 8.69. The molecule has 86 valence electrons. The van der Waals surface area contributed by atoms with E-state index in [0.29, 0.717) is 5.69 Å². The minimum absolute atomic E-state index is 0.0175. The molecule has 1 heterocycles. The molecule has 0 unspecified atom stereocenters. The van der Waals surface area contributed by atoms with Crippen LogP contribution in [-0.2, 0) is 0 Å². The van der Waals surface area contributed by atoms with E-state index in [-0.39, 0.29) is 16.1 Å². The van der Waals surface area contributed by atoms with Crippen LogP contribution in [0.4, 0.5) is 0 Å². The molecule has 5 nitrogen and oxygen atoms in total. The molecule has 18 heavy (non-hydrogen) atoms. The maximum absolute atomic E-state index is 12.1. The van der Waals surface area contributed by atoms with Crippen molar-refractivity contribution in [3.63, 3.8) is 0 Å². The number of hydrogen-bond acceptors (Lipinski definition) is 3. The summed E-state index contributed by atoms with van der Waals surface area (Å²) < 4.78 is 1.26. The molecular formula is C13H8N4O. The van der Waals surface area contributed by atoms with Crippen LogP contribution in [0.2, 0.25) is 0 Å². The standard InChI is InChI=1S/C13H8N4O/c1-9-12(10(7-14)8-15)13(18)17(16-9)11-5-3-2-4-6-11/h2-6,16H,1H2. The van der Waals surface area contributed by atoms with Crippen molar-refractivity contribution in [2.75, 3.05) is 0 Å². The quantitative estimate of drug-likeness (QED) is 0.742. The molecule has 0 aliphatic carbocycles. The summed E-state index contributed by atoms with van der Waals surface area (Å²) in [5, 5.41) is 20.6. The molecule has 0 saturated heterocycles. The number of H-pyrrole nitrogens is 1. The SMILES string of the molecule is C=c1[nH]n(-c2ccccc2)c(=O)c1=C(C#N)C#N. The van der Waals surface area contributed by atoms with Gasteiger partial charge in [0.15, 0.2) is 0 Å². The highest BCUT2D eigenvalue weighted by molar-refractivity contribution is 5.72. The lowest BCUT2D eigenvalue weighted by Gasteiger charge is -1.98. The Hall–Kier alpha value is -3.05. The maximum Gasteiger partial charge on any atom is 0.281 e. The van der Waals surface area contributed by atoms with Gasteiger partial charge in [-0.1, -0.05) is 24.8 Å². The van der Waals surface area contributed by atoms with Crippen LogP contribution in [-0.4, -0.2) is 9.78 Å². The van der Waals surface area contributed by atoms with Gasteiger partial charge in [0.25, 0.3) is 5.56 Å². The van der Waals surface area contributed by atoms with Crippen LogP contribution in [0, 0.1) is 22.7 Å². The van der Waals surface area contributed by atoms with Crippen molar-refractivity contribution >= 4 is 12.2 Å². The molecule has 0 amide bonds. The van der Waals surface area contributed by atoms with Crippen molar-refractivity contribution in [1.82, 2.24) is 9.78 Å². The Balaban J connectivity index is 2.89. The number of para-hydroxylation sites is 1. The molecule has 0 radical (unpaired) electrons. The van der Waals surface area contributed by atoms with E-state index in [1.165, 1.54) is 4.68 Å². The Morgan fingerprint density at radius 1 is 1.22 bits per heavy atom. The lowest BCUT2D eigenvalue weighted by molar-refractivity contribution is 0.838. The van der Waals surface area contributed by atoms with E-state index >= 15 is 0 Å². The second kappa shape index (κ2) is 4.44. The minimum atomic E-state index is -0.454. The zero-order valence-corrected chi connectivity index (χ0v) is 9.34. The fraction of sp³-hybridized carbons (Fsp3) is 0. The lowest BCUT2D eigenvalue weighted by Crippen LogP contribution is -2.35. The molecule has 5 heteroatoms. The molecule has 2 aromatic rings. The second-order valence-electron chi connectivity index (χ2n) is 3.54. The van der Waals surface area contributed by atoms with E-state index in [1.807, 2.05) is 6.07 Å². The average molecular weight is 236 g/mol. The Morgan fingerprint density at radius 3 is 2.39 bits per heavy atom. The number of hydrogen-bond donors (Lipinski definition) is 1.